The van der Waals surface area contributed by atoms with E-state index in [0.717, 1.165) is 0 Å². The Balaban J connectivity index is 0.000000336. The number of halogens is 1. The van der Waals surface area contributed by atoms with Crippen LogP contribution in [-0.2, 0) is 14.1 Å². The summed E-state index contributed by atoms with van der Waals surface area (Å²) in [6.07, 6.45) is 0. The molecule has 0 heterocycles. The second-order valence-corrected chi connectivity index (χ2v) is 4.31. The number of hydrogen-bond donors (Lipinski definition) is 1. The summed E-state index contributed by atoms with van der Waals surface area (Å²) in [6.45, 7) is 1.38. The third-order valence-electron chi connectivity index (χ3n) is 1.00. The Labute approximate surface area is 91.9 Å². The highest BCUT2D eigenvalue weighted by Crippen LogP contribution is 2.07. The molecule has 0 spiro atoms. The molecule has 5 nitrogen and oxygen atoms in total. The van der Waals surface area contributed by atoms with E-state index in [1.807, 2.05) is 18.2 Å². The van der Waals surface area contributed by atoms with Crippen LogP contribution in [0.5, 0.6) is 5.75 Å². The van der Waals surface area contributed by atoms with E-state index in [2.05, 4.69) is 10.7 Å². The van der Waals surface area contributed by atoms with Gasteiger partial charge in [0.15, 0.2) is 0 Å². The highest BCUT2D eigenvalue weighted by atomic mass is 35.7. The fourth-order valence-corrected chi connectivity index (χ4v) is 0.655. The Kier molecular flexibility index (Phi) is 5.92. The second kappa shape index (κ2) is 6.39. The third-order valence-corrected chi connectivity index (χ3v) is 1.00. The predicted octanol–water partition coefficient (Wildman–Crippen LogP) is 1.64. The van der Waals surface area contributed by atoms with Gasteiger partial charge in [0.1, 0.15) is 5.75 Å². The maximum atomic E-state index is 10.4. The zero-order valence-electron chi connectivity index (χ0n) is 7.75. The summed E-state index contributed by atoms with van der Waals surface area (Å²) >= 11 is 0. The van der Waals surface area contributed by atoms with Gasteiger partial charge in [0.05, 0.1) is 0 Å². The van der Waals surface area contributed by atoms with Gasteiger partial charge >= 0.3 is 15.3 Å². The minimum atomic E-state index is -4.19. The molecule has 0 atom stereocenters. The Morgan fingerprint density at radius 1 is 1.33 bits per heavy atom. The van der Waals surface area contributed by atoms with Crippen LogP contribution >= 0.6 is 10.7 Å². The van der Waals surface area contributed by atoms with Crippen molar-refractivity contribution in [1.82, 2.24) is 0 Å². The number of para-hydroxylation sites is 1. The molecule has 0 saturated heterocycles. The molecule has 0 amide bonds. The van der Waals surface area contributed by atoms with Crippen LogP contribution in [0, 0.1) is 0 Å². The fourth-order valence-electron chi connectivity index (χ4n) is 0.655. The minimum absolute atomic E-state index is 0.286. The number of benzene rings is 1. The minimum Gasteiger partial charge on any atom is -0.427 e. The molecule has 0 aliphatic heterocycles. The molecule has 0 aliphatic carbocycles. The van der Waals surface area contributed by atoms with E-state index < -0.39 is 9.33 Å². The lowest BCUT2D eigenvalue weighted by molar-refractivity contribution is -0.131. The van der Waals surface area contributed by atoms with Gasteiger partial charge in [0.2, 0.25) is 0 Å². The molecule has 1 N–H and O–H groups in total. The molecule has 0 aromatic heterocycles. The highest BCUT2D eigenvalue weighted by Gasteiger charge is 1.92. The van der Waals surface area contributed by atoms with Gasteiger partial charge in [-0.3, -0.25) is 9.35 Å². The number of ether oxygens (including phenoxy) is 1. The smallest absolute Gasteiger partial charge is 0.353 e. The van der Waals surface area contributed by atoms with Crippen molar-refractivity contribution in [2.45, 2.75) is 6.92 Å². The van der Waals surface area contributed by atoms with Crippen molar-refractivity contribution in [2.24, 2.45) is 0 Å². The van der Waals surface area contributed by atoms with E-state index in [1.165, 1.54) is 6.92 Å². The molecule has 0 saturated carbocycles. The average molecular weight is 253 g/mol. The Bertz CT molecular complexity index is 392. The SMILES string of the molecule is CC(=O)Oc1ccccc1.O=S(=O)(O)Cl. The summed E-state index contributed by atoms with van der Waals surface area (Å²) in [4.78, 5) is 10.4. The summed E-state index contributed by atoms with van der Waals surface area (Å²) in [5.74, 6) is 0.307. The van der Waals surface area contributed by atoms with Gasteiger partial charge in [-0.15, -0.1) is 0 Å². The van der Waals surface area contributed by atoms with Gasteiger partial charge in [-0.05, 0) is 12.1 Å². The summed E-state index contributed by atoms with van der Waals surface area (Å²) < 4.78 is 29.9. The van der Waals surface area contributed by atoms with Gasteiger partial charge in [-0.1, -0.05) is 18.2 Å². The van der Waals surface area contributed by atoms with Crippen molar-refractivity contribution in [1.29, 1.82) is 0 Å². The van der Waals surface area contributed by atoms with Crippen molar-refractivity contribution in [3.05, 3.63) is 30.3 Å². The molecule has 0 aliphatic rings. The third kappa shape index (κ3) is 12.9. The monoisotopic (exact) mass is 252 g/mol. The van der Waals surface area contributed by atoms with E-state index in [-0.39, 0.29) is 5.97 Å². The summed E-state index contributed by atoms with van der Waals surface area (Å²) in [6, 6.07) is 8.98. The molecule has 84 valence electrons. The van der Waals surface area contributed by atoms with Gasteiger partial charge in [0, 0.05) is 17.6 Å². The second-order valence-electron chi connectivity index (χ2n) is 2.32. The first-order valence-corrected chi connectivity index (χ1v) is 5.96. The van der Waals surface area contributed by atoms with Crippen LogP contribution in [0.3, 0.4) is 0 Å². The Morgan fingerprint density at radius 3 is 2.07 bits per heavy atom. The van der Waals surface area contributed by atoms with Gasteiger partial charge in [-0.2, -0.15) is 8.42 Å². The normalized spacial score (nSPS) is 9.80. The molecule has 1 aromatic carbocycles. The Morgan fingerprint density at radius 2 is 1.73 bits per heavy atom. The first-order chi connectivity index (χ1) is 6.79. The van der Waals surface area contributed by atoms with Crippen molar-refractivity contribution < 1.29 is 22.5 Å². The van der Waals surface area contributed by atoms with Crippen LogP contribution in [0.1, 0.15) is 6.92 Å². The maximum absolute atomic E-state index is 10.4. The summed E-state index contributed by atoms with van der Waals surface area (Å²) in [7, 11) is -0.137. The molecule has 1 rings (SSSR count). The van der Waals surface area contributed by atoms with Crippen LogP contribution in [0.25, 0.3) is 0 Å². The molecule has 15 heavy (non-hydrogen) atoms. The molecule has 0 fully saturated rings. The summed E-state index contributed by atoms with van der Waals surface area (Å²) in [5.41, 5.74) is 0. The molecule has 1 aromatic rings. The van der Waals surface area contributed by atoms with Crippen LogP contribution in [0.4, 0.5) is 0 Å². The molecule has 7 heteroatoms. The highest BCUT2D eigenvalue weighted by molar-refractivity contribution is 8.09. The van der Waals surface area contributed by atoms with Gasteiger partial charge < -0.3 is 4.74 Å². The van der Waals surface area contributed by atoms with Crippen LogP contribution in [-0.4, -0.2) is 18.9 Å². The van der Waals surface area contributed by atoms with Gasteiger partial charge in [-0.25, -0.2) is 0 Å². The van der Waals surface area contributed by atoms with Gasteiger partial charge in [0.25, 0.3) is 0 Å². The quantitative estimate of drug-likeness (QED) is 0.356. The first kappa shape index (κ1) is 13.9. The zero-order valence-corrected chi connectivity index (χ0v) is 9.33. The number of carbonyl (C=O) groups excluding carboxylic acids is 1. The van der Waals surface area contributed by atoms with Crippen molar-refractivity contribution in [2.75, 3.05) is 0 Å². The predicted molar refractivity (Wildman–Crippen MR) is 55.2 cm³/mol. The van der Waals surface area contributed by atoms with Crippen molar-refractivity contribution in [3.63, 3.8) is 0 Å². The number of hydrogen-bond acceptors (Lipinski definition) is 4. The standard InChI is InChI=1S/C8H8O2.ClHO3S/c1-7(9)10-8-5-3-2-4-6-8;1-5(2,3)4/h2-6H,1H3;(H,2,3,4). The molecular formula is C8H9ClO5S. The summed E-state index contributed by atoms with van der Waals surface area (Å²) in [5, 5.41) is 0. The van der Waals surface area contributed by atoms with Crippen molar-refractivity contribution in [3.8, 4) is 5.75 Å². The lowest BCUT2D eigenvalue weighted by Gasteiger charge is -1.97. The number of esters is 1. The largest absolute Gasteiger partial charge is 0.427 e. The van der Waals surface area contributed by atoms with Crippen LogP contribution < -0.4 is 4.74 Å². The van der Waals surface area contributed by atoms with Crippen LogP contribution in [0.15, 0.2) is 30.3 Å². The van der Waals surface area contributed by atoms with Crippen molar-refractivity contribution >= 4 is 26.0 Å². The van der Waals surface area contributed by atoms with E-state index in [1.54, 1.807) is 12.1 Å². The maximum Gasteiger partial charge on any atom is 0.353 e. The van der Waals surface area contributed by atoms with E-state index in [9.17, 15) is 4.79 Å². The molecule has 0 radical (unpaired) electrons. The lowest BCUT2D eigenvalue weighted by Crippen LogP contribution is -2.00. The zero-order chi connectivity index (χ0) is 11.9. The van der Waals surface area contributed by atoms with Crippen LogP contribution in [0.2, 0.25) is 0 Å². The fraction of sp³-hybridized carbons (Fsp3) is 0.125. The lowest BCUT2D eigenvalue weighted by atomic mass is 10.3. The molecular weight excluding hydrogens is 244 g/mol. The average Bonchev–Trinajstić information content (AvgIpc) is 2.01. The van der Waals surface area contributed by atoms with E-state index in [4.69, 9.17) is 17.7 Å². The first-order valence-electron chi connectivity index (χ1n) is 3.69. The molecule has 0 unspecified atom stereocenters. The topological polar surface area (TPSA) is 80.7 Å². The van der Waals surface area contributed by atoms with E-state index in [0.29, 0.717) is 5.75 Å². The van der Waals surface area contributed by atoms with E-state index >= 15 is 0 Å². The number of rotatable bonds is 1. The Hall–Kier alpha value is -1.11. The molecule has 0 bridgehead atoms. The number of carbonyl (C=O) groups is 1.